The summed E-state index contributed by atoms with van der Waals surface area (Å²) in [6.07, 6.45) is 4.93. The quantitative estimate of drug-likeness (QED) is 0.856. The molecule has 0 spiro atoms. The van der Waals surface area contributed by atoms with Crippen molar-refractivity contribution in [2.24, 2.45) is 0 Å². The first-order valence-corrected chi connectivity index (χ1v) is 6.78. The first-order valence-electron chi connectivity index (χ1n) is 6.78. The predicted octanol–water partition coefficient (Wildman–Crippen LogP) is 3.68. The minimum absolute atomic E-state index is 0.527. The first kappa shape index (κ1) is 12.4. The van der Waals surface area contributed by atoms with Crippen LogP contribution < -0.4 is 10.1 Å². The normalized spacial score (nSPS) is 24.6. The number of nitrogens with one attached hydrogen (secondary N) is 1. The zero-order valence-corrected chi connectivity index (χ0v) is 10.9. The molecule has 1 N–H and O–H groups in total. The number of hydrogen-bond acceptors (Lipinski definition) is 2. The second-order valence-electron chi connectivity index (χ2n) is 4.97. The molecule has 0 saturated carbocycles. The Labute approximate surface area is 104 Å². The lowest BCUT2D eigenvalue weighted by molar-refractivity contribution is 0.316. The molecule has 2 atom stereocenters. The molecule has 1 aromatic carbocycles. The molecular formula is C15H23NO. The van der Waals surface area contributed by atoms with E-state index in [-0.39, 0.29) is 0 Å². The van der Waals surface area contributed by atoms with Gasteiger partial charge in [-0.15, -0.1) is 0 Å². The van der Waals surface area contributed by atoms with E-state index in [0.29, 0.717) is 12.1 Å². The van der Waals surface area contributed by atoms with Crippen LogP contribution in [0.5, 0.6) is 5.75 Å². The minimum Gasteiger partial charge on any atom is -0.494 e. The highest BCUT2D eigenvalue weighted by molar-refractivity contribution is 5.29. The Kier molecular flexibility index (Phi) is 4.43. The van der Waals surface area contributed by atoms with Gasteiger partial charge in [0.05, 0.1) is 6.61 Å². The second-order valence-corrected chi connectivity index (χ2v) is 4.97. The molecule has 1 aliphatic rings. The van der Waals surface area contributed by atoms with Crippen LogP contribution in [0.4, 0.5) is 0 Å². The molecular weight excluding hydrogens is 210 g/mol. The molecule has 1 saturated heterocycles. The third-order valence-corrected chi connectivity index (χ3v) is 3.37. The highest BCUT2D eigenvalue weighted by Gasteiger charge is 2.18. The van der Waals surface area contributed by atoms with Crippen molar-refractivity contribution in [2.75, 3.05) is 6.61 Å². The number of ether oxygens (including phenoxy) is 1. The van der Waals surface area contributed by atoms with Gasteiger partial charge in [0, 0.05) is 12.1 Å². The van der Waals surface area contributed by atoms with Crippen LogP contribution in [-0.2, 0) is 0 Å². The van der Waals surface area contributed by atoms with Gasteiger partial charge in [-0.3, -0.25) is 0 Å². The van der Waals surface area contributed by atoms with Gasteiger partial charge in [0.2, 0.25) is 0 Å². The van der Waals surface area contributed by atoms with Crippen molar-refractivity contribution in [1.29, 1.82) is 0 Å². The number of hydrogen-bond donors (Lipinski definition) is 1. The summed E-state index contributed by atoms with van der Waals surface area (Å²) in [4.78, 5) is 0. The van der Waals surface area contributed by atoms with Gasteiger partial charge in [-0.2, -0.15) is 0 Å². The van der Waals surface area contributed by atoms with E-state index in [2.05, 4.69) is 43.4 Å². The van der Waals surface area contributed by atoms with E-state index < -0.39 is 0 Å². The lowest BCUT2D eigenvalue weighted by Crippen LogP contribution is -2.34. The zero-order valence-electron chi connectivity index (χ0n) is 10.9. The van der Waals surface area contributed by atoms with Crippen molar-refractivity contribution in [3.05, 3.63) is 29.8 Å². The fourth-order valence-electron chi connectivity index (χ4n) is 2.42. The summed E-state index contributed by atoms with van der Waals surface area (Å²) in [6.45, 7) is 5.20. The van der Waals surface area contributed by atoms with Crippen molar-refractivity contribution in [2.45, 2.75) is 51.6 Å². The number of rotatable bonds is 4. The zero-order chi connectivity index (χ0) is 12.1. The van der Waals surface area contributed by atoms with Crippen molar-refractivity contribution in [1.82, 2.24) is 5.32 Å². The maximum absolute atomic E-state index is 5.60. The third-order valence-electron chi connectivity index (χ3n) is 3.37. The van der Waals surface area contributed by atoms with Crippen molar-refractivity contribution in [3.8, 4) is 5.75 Å². The molecule has 2 nitrogen and oxygen atoms in total. The Morgan fingerprint density at radius 3 is 2.65 bits per heavy atom. The summed E-state index contributed by atoms with van der Waals surface area (Å²) in [5, 5.41) is 3.65. The van der Waals surface area contributed by atoms with Crippen LogP contribution in [0.1, 0.15) is 51.1 Å². The van der Waals surface area contributed by atoms with Crippen molar-refractivity contribution in [3.63, 3.8) is 0 Å². The Bertz CT molecular complexity index is 333. The smallest absolute Gasteiger partial charge is 0.119 e. The standard InChI is InChI=1S/C15H23NO/c1-3-11-17-14-9-7-13(8-10-14)15-6-4-5-12(2)16-15/h7-10,12,15-16H,3-6,11H2,1-2H3. The van der Waals surface area contributed by atoms with E-state index in [1.54, 1.807) is 0 Å². The summed E-state index contributed by atoms with van der Waals surface area (Å²) in [7, 11) is 0. The fraction of sp³-hybridized carbons (Fsp3) is 0.600. The SMILES string of the molecule is CCCOc1ccc(C2CCCC(C)N2)cc1. The summed E-state index contributed by atoms with van der Waals surface area (Å²) in [5.41, 5.74) is 1.39. The van der Waals surface area contributed by atoms with Gasteiger partial charge in [0.15, 0.2) is 0 Å². The van der Waals surface area contributed by atoms with Gasteiger partial charge in [-0.1, -0.05) is 25.5 Å². The van der Waals surface area contributed by atoms with Crippen molar-refractivity contribution >= 4 is 0 Å². The molecule has 1 aromatic rings. The van der Waals surface area contributed by atoms with Gasteiger partial charge < -0.3 is 10.1 Å². The molecule has 1 aliphatic heterocycles. The van der Waals surface area contributed by atoms with Crippen LogP contribution in [0, 0.1) is 0 Å². The molecule has 0 bridgehead atoms. The second kappa shape index (κ2) is 6.06. The average molecular weight is 233 g/mol. The van der Waals surface area contributed by atoms with E-state index in [1.807, 2.05) is 0 Å². The van der Waals surface area contributed by atoms with E-state index >= 15 is 0 Å². The van der Waals surface area contributed by atoms with Crippen LogP contribution in [0.25, 0.3) is 0 Å². The van der Waals surface area contributed by atoms with Gasteiger partial charge in [0.25, 0.3) is 0 Å². The molecule has 0 radical (unpaired) electrons. The molecule has 0 amide bonds. The molecule has 2 heteroatoms. The van der Waals surface area contributed by atoms with Gasteiger partial charge in [-0.05, 0) is 43.9 Å². The molecule has 2 rings (SSSR count). The third kappa shape index (κ3) is 3.47. The molecule has 1 heterocycles. The topological polar surface area (TPSA) is 21.3 Å². The van der Waals surface area contributed by atoms with E-state index in [0.717, 1.165) is 18.8 Å². The van der Waals surface area contributed by atoms with Gasteiger partial charge >= 0.3 is 0 Å². The minimum atomic E-state index is 0.527. The van der Waals surface area contributed by atoms with Crippen LogP contribution >= 0.6 is 0 Å². The molecule has 17 heavy (non-hydrogen) atoms. The monoisotopic (exact) mass is 233 g/mol. The van der Waals surface area contributed by atoms with Crippen molar-refractivity contribution < 1.29 is 4.74 Å². The summed E-state index contributed by atoms with van der Waals surface area (Å²) >= 11 is 0. The van der Waals surface area contributed by atoms with Gasteiger partial charge in [0.1, 0.15) is 5.75 Å². The molecule has 94 valence electrons. The average Bonchev–Trinajstić information content (AvgIpc) is 2.37. The molecule has 0 aliphatic carbocycles. The largest absolute Gasteiger partial charge is 0.494 e. The molecule has 2 unspecified atom stereocenters. The highest BCUT2D eigenvalue weighted by Crippen LogP contribution is 2.26. The van der Waals surface area contributed by atoms with Crippen LogP contribution in [0.15, 0.2) is 24.3 Å². The molecule has 0 aromatic heterocycles. The van der Waals surface area contributed by atoms with Gasteiger partial charge in [-0.25, -0.2) is 0 Å². The first-order chi connectivity index (χ1) is 8.29. The Hall–Kier alpha value is -1.02. The van der Waals surface area contributed by atoms with E-state index in [4.69, 9.17) is 4.74 Å². The number of benzene rings is 1. The predicted molar refractivity (Wildman–Crippen MR) is 71.4 cm³/mol. The lowest BCUT2D eigenvalue weighted by atomic mass is 9.94. The maximum atomic E-state index is 5.60. The Balaban J connectivity index is 1.96. The fourth-order valence-corrected chi connectivity index (χ4v) is 2.42. The maximum Gasteiger partial charge on any atom is 0.119 e. The summed E-state index contributed by atoms with van der Waals surface area (Å²) in [6, 6.07) is 9.74. The van der Waals surface area contributed by atoms with Crippen LogP contribution in [0.2, 0.25) is 0 Å². The van der Waals surface area contributed by atoms with Crippen LogP contribution in [-0.4, -0.2) is 12.6 Å². The summed E-state index contributed by atoms with van der Waals surface area (Å²) < 4.78 is 5.60. The summed E-state index contributed by atoms with van der Waals surface area (Å²) in [5.74, 6) is 0.986. The highest BCUT2D eigenvalue weighted by atomic mass is 16.5. The Morgan fingerprint density at radius 2 is 2.00 bits per heavy atom. The van der Waals surface area contributed by atoms with E-state index in [1.165, 1.54) is 24.8 Å². The number of piperidine rings is 1. The molecule has 1 fully saturated rings. The van der Waals surface area contributed by atoms with Crippen LogP contribution in [0.3, 0.4) is 0 Å². The Morgan fingerprint density at radius 1 is 1.24 bits per heavy atom. The van der Waals surface area contributed by atoms with E-state index in [9.17, 15) is 0 Å². The lowest BCUT2D eigenvalue weighted by Gasteiger charge is -2.29.